The Kier molecular flexibility index (Phi) is 7.03. The summed E-state index contributed by atoms with van der Waals surface area (Å²) < 4.78 is 97.5. The van der Waals surface area contributed by atoms with E-state index in [0.29, 0.717) is 11.1 Å². The van der Waals surface area contributed by atoms with Crippen LogP contribution < -0.4 is 20.1 Å². The van der Waals surface area contributed by atoms with E-state index in [4.69, 9.17) is 5.14 Å². The van der Waals surface area contributed by atoms with Crippen LogP contribution in [-0.4, -0.2) is 36.3 Å². The minimum atomic E-state index is -4.73. The molecule has 1 aromatic heterocycles. The predicted molar refractivity (Wildman–Crippen MR) is 101 cm³/mol. The van der Waals surface area contributed by atoms with Crippen LogP contribution in [-0.2, 0) is 4.79 Å². The molecule has 1 amide bonds. The van der Waals surface area contributed by atoms with Gasteiger partial charge in [-0.25, -0.2) is 9.37 Å². The van der Waals surface area contributed by atoms with Gasteiger partial charge in [0, 0.05) is 18.4 Å². The average Bonchev–Trinajstić information content (AvgIpc) is 3.17. The van der Waals surface area contributed by atoms with Crippen molar-refractivity contribution in [2.75, 3.05) is 16.8 Å². The lowest BCUT2D eigenvalue weighted by atomic mass is 10.0. The summed E-state index contributed by atoms with van der Waals surface area (Å²) in [5.41, 5.74) is -0.438. The number of amides is 1. The number of rotatable bonds is 6. The number of ether oxygens (including phenoxy) is 1. The molecule has 0 spiro atoms. The van der Waals surface area contributed by atoms with Gasteiger partial charge in [0.1, 0.15) is 11.1 Å². The van der Waals surface area contributed by atoms with Crippen LogP contribution in [0, 0.1) is 17.6 Å². The largest absolute Gasteiger partial charge is 0.429 e. The summed E-state index contributed by atoms with van der Waals surface area (Å²) in [5.74, 6) is -7.59. The summed E-state index contributed by atoms with van der Waals surface area (Å²) in [7, 11) is 0. The number of nitrogens with two attached hydrogens (primary N) is 1. The van der Waals surface area contributed by atoms with Crippen LogP contribution in [0.25, 0.3) is 0 Å². The van der Waals surface area contributed by atoms with Crippen LogP contribution in [0.3, 0.4) is 0 Å². The van der Waals surface area contributed by atoms with Crippen LogP contribution in [0.4, 0.5) is 42.1 Å². The highest BCUT2D eigenvalue weighted by Crippen LogP contribution is 2.43. The Morgan fingerprint density at radius 3 is 2.62 bits per heavy atom. The molecule has 0 bridgehead atoms. The molecule has 1 fully saturated rings. The number of hydrogen-bond donors (Lipinski definition) is 2. The molecule has 1 saturated heterocycles. The Hall–Kier alpha value is -2.74. The van der Waals surface area contributed by atoms with E-state index in [-0.39, 0.29) is 5.69 Å². The summed E-state index contributed by atoms with van der Waals surface area (Å²) in [6.45, 7) is -4.44. The van der Waals surface area contributed by atoms with Gasteiger partial charge >= 0.3 is 12.8 Å². The maximum atomic E-state index is 14.2. The molecule has 0 radical (unpaired) electrons. The fourth-order valence-corrected chi connectivity index (χ4v) is 3.63. The van der Waals surface area contributed by atoms with Crippen molar-refractivity contribution in [1.29, 1.82) is 0 Å². The Labute approximate surface area is 181 Å². The number of benzene rings is 1. The lowest BCUT2D eigenvalue weighted by Gasteiger charge is -2.28. The first kappa shape index (κ1) is 23.9. The molecule has 14 heteroatoms. The van der Waals surface area contributed by atoms with E-state index < -0.39 is 66.7 Å². The molecule has 174 valence electrons. The fraction of sp³-hybridized carbons (Fsp3) is 0.333. The molecule has 0 saturated carbocycles. The molecule has 1 aliphatic heterocycles. The minimum Gasteiger partial charge on any atom is -0.429 e. The molecule has 2 heterocycles. The third kappa shape index (κ3) is 5.18. The zero-order valence-corrected chi connectivity index (χ0v) is 16.7. The number of aromatic nitrogens is 1. The lowest BCUT2D eigenvalue weighted by molar-refractivity contribution is -0.168. The quantitative estimate of drug-likeness (QED) is 0.470. The highest BCUT2D eigenvalue weighted by molar-refractivity contribution is 7.97. The van der Waals surface area contributed by atoms with E-state index in [0.717, 1.165) is 22.9 Å². The first-order chi connectivity index (χ1) is 15.0. The van der Waals surface area contributed by atoms with E-state index in [2.05, 4.69) is 15.0 Å². The summed E-state index contributed by atoms with van der Waals surface area (Å²) >= 11 is 0.768. The number of hydrogen-bond acceptors (Lipinski definition) is 6. The second-order valence-electron chi connectivity index (χ2n) is 6.72. The average molecular weight is 484 g/mol. The van der Waals surface area contributed by atoms with Crippen molar-refractivity contribution < 1.29 is 40.3 Å². The van der Waals surface area contributed by atoms with Crippen molar-refractivity contribution in [3.63, 3.8) is 0 Å². The van der Waals surface area contributed by atoms with Crippen LogP contribution in [0.15, 0.2) is 35.5 Å². The highest BCUT2D eigenvalue weighted by Gasteiger charge is 2.50. The zero-order chi connectivity index (χ0) is 23.6. The van der Waals surface area contributed by atoms with Gasteiger partial charge in [0.2, 0.25) is 11.7 Å². The Morgan fingerprint density at radius 2 is 2.00 bits per heavy atom. The van der Waals surface area contributed by atoms with Crippen molar-refractivity contribution >= 4 is 29.2 Å². The number of carbonyl (C=O) groups excluding carboxylic acids is 1. The number of pyridine rings is 1. The topological polar surface area (TPSA) is 80.5 Å². The molecule has 3 rings (SSSR count). The summed E-state index contributed by atoms with van der Waals surface area (Å²) in [6, 6.07) is 2.51. The van der Waals surface area contributed by atoms with E-state index in [9.17, 15) is 35.5 Å². The highest BCUT2D eigenvalue weighted by atomic mass is 32.2. The minimum absolute atomic E-state index is 0.169. The number of nitrogens with zero attached hydrogens (tertiary/aromatic N) is 2. The second kappa shape index (κ2) is 9.40. The molecular formula is C18H15F7N4O2S. The number of alkyl halides is 5. The van der Waals surface area contributed by atoms with E-state index in [1.165, 1.54) is 18.3 Å². The number of halogens is 7. The molecule has 1 aliphatic rings. The summed E-state index contributed by atoms with van der Waals surface area (Å²) in [5, 5.41) is 8.10. The van der Waals surface area contributed by atoms with Crippen molar-refractivity contribution in [2.24, 2.45) is 11.1 Å². The standard InChI is InChI=1S/C18H15F7N4O2S/c19-10-1-2-11(15(14(10)20)31-17(21)22)29-7-8(18(23,24)25)5-12(29)16(30)28-9-3-4-27-13(6-9)32-26/h1-4,6,8,12,17H,5,7,26H2,(H,27,28,30). The number of nitrogens with one attached hydrogen (secondary N) is 1. The van der Waals surface area contributed by atoms with Crippen LogP contribution in [0.2, 0.25) is 0 Å². The number of carbonyl (C=O) groups is 1. The SMILES string of the molecule is NSc1cc(NC(=O)C2CC(C(F)(F)F)CN2c2ccc(F)c(F)c2OC(F)F)ccn1. The van der Waals surface area contributed by atoms with Crippen LogP contribution >= 0.6 is 11.9 Å². The Balaban J connectivity index is 1.98. The smallest absolute Gasteiger partial charge is 0.393 e. The third-order valence-corrected chi connectivity index (χ3v) is 5.20. The lowest BCUT2D eigenvalue weighted by Crippen LogP contribution is -2.40. The first-order valence-electron chi connectivity index (χ1n) is 8.91. The van der Waals surface area contributed by atoms with Crippen molar-refractivity contribution in [3.8, 4) is 5.75 Å². The molecule has 2 atom stereocenters. The van der Waals surface area contributed by atoms with Crippen LogP contribution in [0.1, 0.15) is 6.42 Å². The van der Waals surface area contributed by atoms with E-state index >= 15 is 0 Å². The van der Waals surface area contributed by atoms with Crippen molar-refractivity contribution in [3.05, 3.63) is 42.1 Å². The van der Waals surface area contributed by atoms with E-state index in [1.54, 1.807) is 0 Å². The summed E-state index contributed by atoms with van der Waals surface area (Å²) in [6.07, 6.45) is -4.17. The maximum Gasteiger partial charge on any atom is 0.393 e. The van der Waals surface area contributed by atoms with Gasteiger partial charge in [-0.05, 0) is 42.6 Å². The predicted octanol–water partition coefficient (Wildman–Crippen LogP) is 4.32. The van der Waals surface area contributed by atoms with Gasteiger partial charge < -0.3 is 15.0 Å². The Bertz CT molecular complexity index is 992. The second-order valence-corrected chi connectivity index (χ2v) is 7.37. The normalized spacial score (nSPS) is 18.8. The Morgan fingerprint density at radius 1 is 1.28 bits per heavy atom. The van der Waals surface area contributed by atoms with Gasteiger partial charge in [-0.2, -0.15) is 26.3 Å². The van der Waals surface area contributed by atoms with Gasteiger partial charge in [0.25, 0.3) is 0 Å². The van der Waals surface area contributed by atoms with Crippen molar-refractivity contribution in [2.45, 2.75) is 30.3 Å². The first-order valence-corrected chi connectivity index (χ1v) is 9.79. The molecule has 3 N–H and O–H groups in total. The van der Waals surface area contributed by atoms with Gasteiger partial charge in [0.15, 0.2) is 11.6 Å². The molecule has 0 aliphatic carbocycles. The fourth-order valence-electron chi connectivity index (χ4n) is 3.31. The molecule has 2 aromatic rings. The molecular weight excluding hydrogens is 469 g/mol. The monoisotopic (exact) mass is 484 g/mol. The molecule has 6 nitrogen and oxygen atoms in total. The van der Waals surface area contributed by atoms with Gasteiger partial charge in [0.05, 0.1) is 11.6 Å². The molecule has 32 heavy (non-hydrogen) atoms. The molecule has 2 unspecified atom stereocenters. The molecule has 1 aromatic carbocycles. The zero-order valence-electron chi connectivity index (χ0n) is 15.9. The van der Waals surface area contributed by atoms with E-state index in [1.807, 2.05) is 0 Å². The number of anilines is 2. The maximum absolute atomic E-state index is 14.2. The van der Waals surface area contributed by atoms with Gasteiger partial charge in [-0.3, -0.25) is 9.93 Å². The van der Waals surface area contributed by atoms with Gasteiger partial charge in [-0.15, -0.1) is 0 Å². The summed E-state index contributed by atoms with van der Waals surface area (Å²) in [4.78, 5) is 17.5. The van der Waals surface area contributed by atoms with Crippen molar-refractivity contribution in [1.82, 2.24) is 4.98 Å². The van der Waals surface area contributed by atoms with Crippen LogP contribution in [0.5, 0.6) is 5.75 Å². The van der Waals surface area contributed by atoms with Gasteiger partial charge in [-0.1, -0.05) is 0 Å². The third-order valence-electron chi connectivity index (χ3n) is 4.74.